The number of carboxylic acids is 2. The summed E-state index contributed by atoms with van der Waals surface area (Å²) in [6.07, 6.45) is 4.04. The number of carboxylic acid groups (broad SMARTS) is 3. The summed E-state index contributed by atoms with van der Waals surface area (Å²) < 4.78 is 3.67. The number of amidine groups is 1. The average molecular weight is 446 g/mol. The molecule has 32 heavy (non-hydrogen) atoms. The predicted octanol–water partition coefficient (Wildman–Crippen LogP) is 1.23. The number of aromatic nitrogens is 3. The van der Waals surface area contributed by atoms with E-state index in [4.69, 9.17) is 10.2 Å². The number of aryl methyl sites for hydroxylation is 1. The van der Waals surface area contributed by atoms with Crippen LogP contribution in [-0.2, 0) is 16.1 Å². The summed E-state index contributed by atoms with van der Waals surface area (Å²) in [6, 6.07) is 4.00. The Morgan fingerprint density at radius 3 is 2.47 bits per heavy atom. The van der Waals surface area contributed by atoms with Gasteiger partial charge in [0.25, 0.3) is 6.33 Å². The Morgan fingerprint density at radius 1 is 1.12 bits per heavy atom. The number of pyridine rings is 1. The van der Waals surface area contributed by atoms with Gasteiger partial charge in [-0.2, -0.15) is 9.91 Å². The summed E-state index contributed by atoms with van der Waals surface area (Å²) in [5.41, 5.74) is 0.427. The molecule has 0 aliphatic heterocycles. The largest absolute Gasteiger partial charge is 0.509 e. The van der Waals surface area contributed by atoms with Gasteiger partial charge in [-0.15, -0.1) is 19.9 Å². The molecular formula is C19H24N7O6+. The summed E-state index contributed by atoms with van der Waals surface area (Å²) in [7, 11) is 0. The molecule has 1 unspecified atom stereocenters. The number of carbonyl (C=O) groups is 3. The maximum absolute atomic E-state index is 11.6. The van der Waals surface area contributed by atoms with Crippen LogP contribution in [0.4, 0.5) is 4.79 Å². The van der Waals surface area contributed by atoms with Crippen LogP contribution in [0, 0.1) is 5.92 Å². The lowest BCUT2D eigenvalue weighted by atomic mass is 10.2. The second-order valence-corrected chi connectivity index (χ2v) is 6.94. The zero-order valence-corrected chi connectivity index (χ0v) is 17.5. The fourth-order valence-electron chi connectivity index (χ4n) is 2.47. The first-order valence-electron chi connectivity index (χ1n) is 9.60. The molecule has 2 rings (SSSR count). The van der Waals surface area contributed by atoms with Crippen LogP contribution < -0.4 is 10.1 Å². The number of hydrogen-bond donors (Lipinski definition) is 3. The van der Waals surface area contributed by atoms with Crippen LogP contribution in [0.3, 0.4) is 0 Å². The number of nitrogens with zero attached hydrogens (tertiary/aromatic N) is 7. The monoisotopic (exact) mass is 446 g/mol. The normalized spacial score (nSPS) is 13.6. The molecule has 1 atom stereocenters. The zero-order chi connectivity index (χ0) is 23.7. The van der Waals surface area contributed by atoms with Gasteiger partial charge in [-0.25, -0.2) is 9.36 Å². The first-order valence-corrected chi connectivity index (χ1v) is 9.60. The van der Waals surface area contributed by atoms with Crippen LogP contribution in [0.1, 0.15) is 26.3 Å². The number of imidazole rings is 1. The van der Waals surface area contributed by atoms with Crippen molar-refractivity contribution in [2.75, 3.05) is 6.54 Å². The number of rotatable bonds is 9. The molecule has 2 aromatic rings. The summed E-state index contributed by atoms with van der Waals surface area (Å²) in [5.74, 6) is -2.07. The van der Waals surface area contributed by atoms with Gasteiger partial charge >= 0.3 is 18.0 Å². The second-order valence-electron chi connectivity index (χ2n) is 6.94. The van der Waals surface area contributed by atoms with Gasteiger partial charge in [0.1, 0.15) is 18.9 Å². The van der Waals surface area contributed by atoms with Gasteiger partial charge in [0.2, 0.25) is 6.04 Å². The Kier molecular flexibility index (Phi) is 8.51. The molecule has 13 heteroatoms. The maximum Gasteiger partial charge on any atom is 0.509 e. The molecule has 0 aliphatic carbocycles. The van der Waals surface area contributed by atoms with E-state index in [-0.39, 0.29) is 31.3 Å². The highest BCUT2D eigenvalue weighted by molar-refractivity contribution is 5.84. The number of hydrogen-bond acceptors (Lipinski definition) is 6. The zero-order valence-electron chi connectivity index (χ0n) is 17.5. The van der Waals surface area contributed by atoms with E-state index in [0.29, 0.717) is 5.49 Å². The Morgan fingerprint density at radius 2 is 1.88 bits per heavy atom. The minimum absolute atomic E-state index is 0.0739. The smallest absolute Gasteiger partial charge is 0.481 e. The Balaban J connectivity index is 2.23. The van der Waals surface area contributed by atoms with Crippen molar-refractivity contribution in [2.45, 2.75) is 32.9 Å². The molecule has 170 valence electrons. The lowest BCUT2D eigenvalue weighted by molar-refractivity contribution is -0.707. The van der Waals surface area contributed by atoms with Crippen LogP contribution in [0.2, 0.25) is 0 Å². The predicted molar refractivity (Wildman–Crippen MR) is 109 cm³/mol. The molecule has 2 aromatic heterocycles. The molecule has 0 fully saturated rings. The summed E-state index contributed by atoms with van der Waals surface area (Å²) in [4.78, 5) is 33.4. The van der Waals surface area contributed by atoms with Gasteiger partial charge in [-0.05, 0) is 12.1 Å². The highest BCUT2D eigenvalue weighted by Crippen LogP contribution is 2.04. The summed E-state index contributed by atoms with van der Waals surface area (Å²) in [6.45, 7) is 3.59. The summed E-state index contributed by atoms with van der Waals surface area (Å²) in [5, 5.41) is 43.5. The fourth-order valence-corrected chi connectivity index (χ4v) is 2.47. The minimum Gasteiger partial charge on any atom is -0.481 e. The van der Waals surface area contributed by atoms with E-state index >= 15 is 0 Å². The molecule has 0 spiro atoms. The Bertz CT molecular complexity index is 1100. The van der Waals surface area contributed by atoms with E-state index in [1.165, 1.54) is 17.0 Å². The Hall–Kier alpha value is -4.16. The van der Waals surface area contributed by atoms with Gasteiger partial charge in [0, 0.05) is 18.7 Å². The number of aliphatic carboxylic acids is 2. The van der Waals surface area contributed by atoms with Crippen LogP contribution in [0.15, 0.2) is 63.5 Å². The molecule has 0 amide bonds. The molecule has 0 aromatic carbocycles. The van der Waals surface area contributed by atoms with Gasteiger partial charge in [-0.3, -0.25) is 4.79 Å². The minimum atomic E-state index is -1.24. The molecule has 0 bridgehead atoms. The first kappa shape index (κ1) is 24.1. The fraction of sp³-hybridized carbons (Fsp3) is 0.368. The van der Waals surface area contributed by atoms with Crippen molar-refractivity contribution >= 4 is 23.9 Å². The van der Waals surface area contributed by atoms with Crippen molar-refractivity contribution < 1.29 is 34.3 Å². The molecule has 0 saturated carbocycles. The van der Waals surface area contributed by atoms with E-state index in [1.54, 1.807) is 29.0 Å². The van der Waals surface area contributed by atoms with Crippen molar-refractivity contribution in [3.63, 3.8) is 0 Å². The lowest BCUT2D eigenvalue weighted by Crippen LogP contribution is -2.44. The van der Waals surface area contributed by atoms with Crippen LogP contribution in [-0.4, -0.2) is 54.9 Å². The highest BCUT2D eigenvalue weighted by Gasteiger charge is 2.26. The SMILES string of the molecule is CC(C)C(N=NCC(C(=O)O)[n+]1ccn(C(=O)O)c1)=NN=c1ccccn1CCC(=O)O. The standard InChI is InChI=1S/C19H23N7O6/c1-13(2)17(23-21-15-5-3-4-7-24(15)8-6-16(27)28)22-20-11-14(18(29)30)25-9-10-26(12-25)19(31)32/h3-5,7,9-10,12-14H,6,8,11H2,1-2H3,(H2-,27,28,29,30,31,32)/p+1. The molecule has 13 nitrogen and oxygen atoms in total. The molecule has 3 N–H and O–H groups in total. The number of azo groups is 1. The van der Waals surface area contributed by atoms with Crippen molar-refractivity contribution in [1.29, 1.82) is 0 Å². The molecule has 0 aliphatic rings. The topological polar surface area (TPSA) is 175 Å². The third kappa shape index (κ3) is 6.97. The van der Waals surface area contributed by atoms with Gasteiger partial charge in [0.15, 0.2) is 11.3 Å². The van der Waals surface area contributed by atoms with Crippen LogP contribution in [0.25, 0.3) is 0 Å². The molecular weight excluding hydrogens is 422 g/mol. The third-order valence-corrected chi connectivity index (χ3v) is 4.21. The average Bonchev–Trinajstić information content (AvgIpc) is 3.21. The maximum atomic E-state index is 11.6. The van der Waals surface area contributed by atoms with Crippen LogP contribution in [0.5, 0.6) is 0 Å². The molecule has 0 radical (unpaired) electrons. The van der Waals surface area contributed by atoms with Crippen molar-refractivity contribution in [3.05, 3.63) is 48.6 Å². The van der Waals surface area contributed by atoms with Gasteiger partial charge in [0.05, 0.1) is 6.42 Å². The van der Waals surface area contributed by atoms with Crippen LogP contribution >= 0.6 is 0 Å². The first-order chi connectivity index (χ1) is 15.2. The van der Waals surface area contributed by atoms with E-state index in [1.807, 2.05) is 13.8 Å². The quantitative estimate of drug-likeness (QED) is 0.172. The molecule has 2 heterocycles. The highest BCUT2D eigenvalue weighted by atomic mass is 16.4. The summed E-state index contributed by atoms with van der Waals surface area (Å²) >= 11 is 0. The van der Waals surface area contributed by atoms with Gasteiger partial charge in [-0.1, -0.05) is 19.9 Å². The van der Waals surface area contributed by atoms with E-state index in [9.17, 15) is 19.5 Å². The second kappa shape index (κ2) is 11.3. The van der Waals surface area contributed by atoms with E-state index < -0.39 is 24.1 Å². The van der Waals surface area contributed by atoms with Crippen molar-refractivity contribution in [3.8, 4) is 0 Å². The lowest BCUT2D eigenvalue weighted by Gasteiger charge is -2.06. The third-order valence-electron chi connectivity index (χ3n) is 4.21. The Labute approximate surface area is 182 Å². The van der Waals surface area contributed by atoms with Crippen molar-refractivity contribution in [1.82, 2.24) is 9.13 Å². The molecule has 0 saturated heterocycles. The van der Waals surface area contributed by atoms with Gasteiger partial charge < -0.3 is 19.9 Å². The van der Waals surface area contributed by atoms with Crippen molar-refractivity contribution in [2.24, 2.45) is 26.3 Å². The van der Waals surface area contributed by atoms with E-state index in [2.05, 4.69) is 20.4 Å². The van der Waals surface area contributed by atoms with E-state index in [0.717, 1.165) is 10.9 Å².